The number of aliphatic carboxylic acids is 1. The lowest BCUT2D eigenvalue weighted by Gasteiger charge is -2.31. The first kappa shape index (κ1) is 12.5. The van der Waals surface area contributed by atoms with E-state index in [1.165, 1.54) is 0 Å². The molecule has 0 spiro atoms. The highest BCUT2D eigenvalue weighted by Crippen LogP contribution is 2.35. The molecule has 2 nitrogen and oxygen atoms in total. The van der Waals surface area contributed by atoms with Crippen LogP contribution in [0.3, 0.4) is 0 Å². The van der Waals surface area contributed by atoms with Crippen molar-refractivity contribution in [3.8, 4) is 0 Å². The molecular formula is C11H22O2. The minimum absolute atomic E-state index is 0.273. The Balaban J connectivity index is 4.47. The summed E-state index contributed by atoms with van der Waals surface area (Å²) in [6.45, 7) is 8.07. The van der Waals surface area contributed by atoms with Gasteiger partial charge in [-0.2, -0.15) is 0 Å². The molecule has 0 aromatic rings. The van der Waals surface area contributed by atoms with Crippen molar-refractivity contribution in [2.24, 2.45) is 11.3 Å². The molecule has 1 N–H and O–H groups in total. The molecule has 0 aromatic carbocycles. The van der Waals surface area contributed by atoms with Crippen molar-refractivity contribution in [1.82, 2.24) is 0 Å². The summed E-state index contributed by atoms with van der Waals surface area (Å²) in [5, 5.41) is 9.16. The Hall–Kier alpha value is -0.530. The van der Waals surface area contributed by atoms with Crippen molar-refractivity contribution in [3.05, 3.63) is 0 Å². The zero-order valence-corrected chi connectivity index (χ0v) is 9.26. The van der Waals surface area contributed by atoms with Crippen molar-refractivity contribution in [2.45, 2.75) is 53.4 Å². The number of rotatable bonds is 6. The molecule has 78 valence electrons. The van der Waals surface area contributed by atoms with Gasteiger partial charge >= 0.3 is 5.97 Å². The van der Waals surface area contributed by atoms with E-state index in [1.807, 2.05) is 20.8 Å². The van der Waals surface area contributed by atoms with Gasteiger partial charge in [-0.25, -0.2) is 0 Å². The summed E-state index contributed by atoms with van der Waals surface area (Å²) in [4.78, 5) is 11.1. The molecule has 0 aliphatic rings. The van der Waals surface area contributed by atoms with Crippen LogP contribution in [0.15, 0.2) is 0 Å². The first-order valence-electron chi connectivity index (χ1n) is 5.22. The van der Waals surface area contributed by atoms with Crippen LogP contribution in [0.2, 0.25) is 0 Å². The molecule has 0 unspecified atom stereocenters. The third-order valence-corrected chi connectivity index (χ3v) is 3.07. The summed E-state index contributed by atoms with van der Waals surface area (Å²) in [6, 6.07) is 0. The Morgan fingerprint density at radius 1 is 1.38 bits per heavy atom. The maximum atomic E-state index is 11.1. The van der Waals surface area contributed by atoms with Crippen molar-refractivity contribution in [2.75, 3.05) is 0 Å². The Labute approximate surface area is 81.3 Å². The van der Waals surface area contributed by atoms with Gasteiger partial charge in [0.15, 0.2) is 0 Å². The molecule has 0 saturated carbocycles. The average molecular weight is 186 g/mol. The summed E-state index contributed by atoms with van der Waals surface area (Å²) in [5.41, 5.74) is -0.523. The predicted octanol–water partition coefficient (Wildman–Crippen LogP) is 3.31. The lowest BCUT2D eigenvalue weighted by Crippen LogP contribution is -2.34. The zero-order valence-electron chi connectivity index (χ0n) is 9.26. The maximum absolute atomic E-state index is 11.1. The molecule has 0 saturated heterocycles. The first-order chi connectivity index (χ1) is 5.99. The third-order valence-electron chi connectivity index (χ3n) is 3.07. The van der Waals surface area contributed by atoms with E-state index in [4.69, 9.17) is 5.11 Å². The second-order valence-electron chi connectivity index (χ2n) is 4.16. The smallest absolute Gasteiger partial charge is 0.309 e. The summed E-state index contributed by atoms with van der Waals surface area (Å²) in [5.74, 6) is -0.370. The Kier molecular flexibility index (Phi) is 5.04. The lowest BCUT2D eigenvalue weighted by atomic mass is 9.73. The van der Waals surface area contributed by atoms with Crippen LogP contribution in [0.25, 0.3) is 0 Å². The van der Waals surface area contributed by atoms with Crippen LogP contribution in [0, 0.1) is 11.3 Å². The van der Waals surface area contributed by atoms with Crippen LogP contribution in [0.4, 0.5) is 0 Å². The molecule has 2 atom stereocenters. The lowest BCUT2D eigenvalue weighted by molar-refractivity contribution is -0.151. The number of carboxylic acids is 1. The van der Waals surface area contributed by atoms with E-state index in [2.05, 4.69) is 6.92 Å². The summed E-state index contributed by atoms with van der Waals surface area (Å²) in [7, 11) is 0. The zero-order chi connectivity index (χ0) is 10.5. The van der Waals surface area contributed by atoms with Gasteiger partial charge in [0.05, 0.1) is 5.41 Å². The van der Waals surface area contributed by atoms with Gasteiger partial charge in [-0.15, -0.1) is 0 Å². The van der Waals surface area contributed by atoms with Crippen molar-refractivity contribution in [1.29, 1.82) is 0 Å². The molecule has 0 aromatic heterocycles. The molecule has 0 radical (unpaired) electrons. The minimum Gasteiger partial charge on any atom is -0.481 e. The molecule has 13 heavy (non-hydrogen) atoms. The van der Waals surface area contributed by atoms with Crippen molar-refractivity contribution < 1.29 is 9.90 Å². The highest BCUT2D eigenvalue weighted by Gasteiger charge is 2.37. The molecule has 0 heterocycles. The van der Waals surface area contributed by atoms with Crippen LogP contribution in [0.5, 0.6) is 0 Å². The van der Waals surface area contributed by atoms with E-state index >= 15 is 0 Å². The van der Waals surface area contributed by atoms with E-state index in [0.29, 0.717) is 0 Å². The quantitative estimate of drug-likeness (QED) is 0.691. The number of carbonyl (C=O) groups is 1. The van der Waals surface area contributed by atoms with Crippen LogP contribution in [0.1, 0.15) is 53.4 Å². The number of carboxylic acid groups (broad SMARTS) is 1. The van der Waals surface area contributed by atoms with Gasteiger partial charge in [0, 0.05) is 0 Å². The SMILES string of the molecule is CCC[C@H](C)[C@@](C)(CCC)C(=O)O. The van der Waals surface area contributed by atoms with Gasteiger partial charge in [0.2, 0.25) is 0 Å². The summed E-state index contributed by atoms with van der Waals surface area (Å²) < 4.78 is 0. The Morgan fingerprint density at radius 3 is 2.23 bits per heavy atom. The maximum Gasteiger partial charge on any atom is 0.309 e. The number of hydrogen-bond donors (Lipinski definition) is 1. The monoisotopic (exact) mass is 186 g/mol. The first-order valence-corrected chi connectivity index (χ1v) is 5.22. The van der Waals surface area contributed by atoms with Gasteiger partial charge in [0.25, 0.3) is 0 Å². The van der Waals surface area contributed by atoms with E-state index < -0.39 is 11.4 Å². The van der Waals surface area contributed by atoms with Crippen LogP contribution in [-0.4, -0.2) is 11.1 Å². The second kappa shape index (κ2) is 5.25. The topological polar surface area (TPSA) is 37.3 Å². The van der Waals surface area contributed by atoms with Gasteiger partial charge < -0.3 is 5.11 Å². The van der Waals surface area contributed by atoms with Crippen molar-refractivity contribution >= 4 is 5.97 Å². The van der Waals surface area contributed by atoms with E-state index in [9.17, 15) is 4.79 Å². The minimum atomic E-state index is -0.643. The predicted molar refractivity (Wildman–Crippen MR) is 54.7 cm³/mol. The molecule has 0 amide bonds. The molecule has 0 aliphatic carbocycles. The molecule has 0 fully saturated rings. The third kappa shape index (κ3) is 3.02. The summed E-state index contributed by atoms with van der Waals surface area (Å²) >= 11 is 0. The second-order valence-corrected chi connectivity index (χ2v) is 4.16. The molecule has 0 bridgehead atoms. The van der Waals surface area contributed by atoms with Gasteiger partial charge in [-0.1, -0.05) is 33.6 Å². The number of hydrogen-bond acceptors (Lipinski definition) is 1. The van der Waals surface area contributed by atoms with Crippen LogP contribution >= 0.6 is 0 Å². The normalized spacial score (nSPS) is 17.8. The molecule has 0 aliphatic heterocycles. The van der Waals surface area contributed by atoms with E-state index in [-0.39, 0.29) is 5.92 Å². The average Bonchev–Trinajstić information content (AvgIpc) is 2.04. The van der Waals surface area contributed by atoms with Crippen LogP contribution < -0.4 is 0 Å². The molecule has 2 heteroatoms. The highest BCUT2D eigenvalue weighted by atomic mass is 16.4. The Morgan fingerprint density at radius 2 is 1.92 bits per heavy atom. The van der Waals surface area contributed by atoms with Gasteiger partial charge in [-0.3, -0.25) is 4.79 Å². The fourth-order valence-electron chi connectivity index (χ4n) is 1.84. The largest absolute Gasteiger partial charge is 0.481 e. The standard InChI is InChI=1S/C11H22O2/c1-5-7-9(3)11(4,8-6-2)10(12)13/h9H,5-8H2,1-4H3,(H,12,13)/t9-,11+/m0/s1. The van der Waals surface area contributed by atoms with Gasteiger partial charge in [-0.05, 0) is 25.7 Å². The van der Waals surface area contributed by atoms with Gasteiger partial charge in [0.1, 0.15) is 0 Å². The van der Waals surface area contributed by atoms with E-state index in [0.717, 1.165) is 25.7 Å². The van der Waals surface area contributed by atoms with Crippen molar-refractivity contribution in [3.63, 3.8) is 0 Å². The highest BCUT2D eigenvalue weighted by molar-refractivity contribution is 5.74. The molecular weight excluding hydrogens is 164 g/mol. The van der Waals surface area contributed by atoms with Crippen LogP contribution in [-0.2, 0) is 4.79 Å². The molecule has 0 rings (SSSR count). The Bertz CT molecular complexity index is 165. The van der Waals surface area contributed by atoms with E-state index in [1.54, 1.807) is 0 Å². The fraction of sp³-hybridized carbons (Fsp3) is 0.909. The summed E-state index contributed by atoms with van der Waals surface area (Å²) in [6.07, 6.45) is 3.79. The fourth-order valence-corrected chi connectivity index (χ4v) is 1.84.